The Bertz CT molecular complexity index is 300. The first-order valence-corrected chi connectivity index (χ1v) is 5.63. The summed E-state index contributed by atoms with van der Waals surface area (Å²) >= 11 is 0. The predicted octanol–water partition coefficient (Wildman–Crippen LogP) is -0.740. The van der Waals surface area contributed by atoms with E-state index < -0.39 is 25.6 Å². The molecule has 0 saturated carbocycles. The molecular weight excluding hydrogens is 252 g/mol. The van der Waals surface area contributed by atoms with Gasteiger partial charge in [-0.05, 0) is 26.0 Å². The molecule has 0 aliphatic carbocycles. The Hall–Kier alpha value is -1.70. The van der Waals surface area contributed by atoms with Crippen LogP contribution in [0.15, 0.2) is 25.3 Å². The Morgan fingerprint density at radius 2 is 1.58 bits per heavy atom. The molecule has 0 aliphatic rings. The molecule has 0 spiro atoms. The van der Waals surface area contributed by atoms with Crippen LogP contribution in [0.25, 0.3) is 0 Å². The Kier molecular flexibility index (Phi) is 11.8. The van der Waals surface area contributed by atoms with E-state index in [0.29, 0.717) is 6.54 Å². The molecule has 1 unspecified atom stereocenters. The summed E-state index contributed by atoms with van der Waals surface area (Å²) in [6.45, 7) is 9.35. The first kappa shape index (κ1) is 19.6. The van der Waals surface area contributed by atoms with Gasteiger partial charge in [-0.15, -0.1) is 0 Å². The Balaban J connectivity index is 0. The third-order valence-electron chi connectivity index (χ3n) is 2.08. The monoisotopic (exact) mass is 274 g/mol. The molecular formula is C12H22N2O5. The van der Waals surface area contributed by atoms with Crippen molar-refractivity contribution in [3.63, 3.8) is 0 Å². The normalized spacial score (nSPS) is 10.6. The van der Waals surface area contributed by atoms with Crippen LogP contribution in [-0.2, 0) is 9.59 Å². The van der Waals surface area contributed by atoms with Crippen LogP contribution in [-0.4, -0.2) is 63.2 Å². The minimum absolute atomic E-state index is 0.238. The molecule has 0 aromatic carbocycles. The lowest BCUT2D eigenvalue weighted by Gasteiger charge is -2.21. The van der Waals surface area contributed by atoms with Gasteiger partial charge in [0, 0.05) is 6.54 Å². The Labute approximate surface area is 113 Å². The maximum absolute atomic E-state index is 10.8. The number of carbonyl (C=O) groups is 2. The quantitative estimate of drug-likeness (QED) is 0.437. The van der Waals surface area contributed by atoms with E-state index in [1.54, 1.807) is 13.8 Å². The van der Waals surface area contributed by atoms with Gasteiger partial charge < -0.3 is 20.2 Å². The summed E-state index contributed by atoms with van der Waals surface area (Å²) < 4.78 is 0. The number of aliphatic hydroxyl groups is 3. The van der Waals surface area contributed by atoms with Crippen molar-refractivity contribution in [2.45, 2.75) is 20.1 Å². The summed E-state index contributed by atoms with van der Waals surface area (Å²) in [4.78, 5) is 23.4. The number of nitrogens with zero attached hydrogens (tertiary/aromatic N) is 2. The summed E-state index contributed by atoms with van der Waals surface area (Å²) in [6.07, 6.45) is 1.48. The molecule has 7 heteroatoms. The smallest absolute Gasteiger partial charge is 0.249 e. The third-order valence-corrected chi connectivity index (χ3v) is 2.08. The zero-order valence-electron chi connectivity index (χ0n) is 11.3. The van der Waals surface area contributed by atoms with Gasteiger partial charge in [0.15, 0.2) is 0 Å². The van der Waals surface area contributed by atoms with Gasteiger partial charge in [0.25, 0.3) is 0 Å². The molecule has 0 bridgehead atoms. The van der Waals surface area contributed by atoms with Crippen molar-refractivity contribution >= 4 is 11.8 Å². The number of likely N-dealkylation sites (N-methyl/N-ethyl adjacent to an activating group) is 1. The molecule has 0 rings (SSSR count). The van der Waals surface area contributed by atoms with Crippen molar-refractivity contribution in [2.24, 2.45) is 0 Å². The van der Waals surface area contributed by atoms with Crippen molar-refractivity contribution < 1.29 is 24.9 Å². The van der Waals surface area contributed by atoms with Gasteiger partial charge in [0.2, 0.25) is 11.8 Å². The maximum atomic E-state index is 10.8. The van der Waals surface area contributed by atoms with E-state index in [9.17, 15) is 9.59 Å². The molecule has 0 aromatic rings. The van der Waals surface area contributed by atoms with Gasteiger partial charge in [-0.25, -0.2) is 0 Å². The van der Waals surface area contributed by atoms with E-state index in [0.717, 1.165) is 11.0 Å². The average molecular weight is 274 g/mol. The average Bonchev–Trinajstić information content (AvgIpc) is 2.40. The van der Waals surface area contributed by atoms with Crippen LogP contribution in [0.3, 0.4) is 0 Å². The standard InChI is InChI=1S/C7H13NO2.C5H9NO3/c1-4-7(10)8(5-2)6(3)9;1-2-5(9)6(3-7)4-8/h4,6,9H,1,5H2,2-3H3;2,7-8H,1,3-4H2. The highest BCUT2D eigenvalue weighted by molar-refractivity contribution is 5.87. The molecule has 110 valence electrons. The van der Waals surface area contributed by atoms with Gasteiger partial charge >= 0.3 is 0 Å². The third kappa shape index (κ3) is 8.09. The first-order chi connectivity index (χ1) is 8.89. The van der Waals surface area contributed by atoms with Crippen LogP contribution in [0.2, 0.25) is 0 Å². The molecule has 3 N–H and O–H groups in total. The minimum atomic E-state index is -0.726. The first-order valence-electron chi connectivity index (χ1n) is 5.63. The van der Waals surface area contributed by atoms with Crippen molar-refractivity contribution in [2.75, 3.05) is 20.0 Å². The molecule has 2 amide bonds. The molecule has 0 heterocycles. The van der Waals surface area contributed by atoms with Crippen LogP contribution < -0.4 is 0 Å². The summed E-state index contributed by atoms with van der Waals surface area (Å²) in [5.74, 6) is -0.725. The second kappa shape index (κ2) is 11.4. The highest BCUT2D eigenvalue weighted by Crippen LogP contribution is 1.95. The SMILES string of the molecule is C=CC(=O)N(CC)C(C)O.C=CC(=O)N(CO)CO. The van der Waals surface area contributed by atoms with Crippen LogP contribution >= 0.6 is 0 Å². The largest absolute Gasteiger partial charge is 0.376 e. The summed E-state index contributed by atoms with van der Waals surface area (Å²) in [6, 6.07) is 0. The number of aliphatic hydroxyl groups excluding tert-OH is 3. The lowest BCUT2D eigenvalue weighted by Crippen LogP contribution is -2.36. The zero-order valence-corrected chi connectivity index (χ0v) is 11.3. The maximum Gasteiger partial charge on any atom is 0.249 e. The molecule has 7 nitrogen and oxygen atoms in total. The highest BCUT2D eigenvalue weighted by Gasteiger charge is 2.11. The summed E-state index contributed by atoms with van der Waals surface area (Å²) in [5.41, 5.74) is 0. The van der Waals surface area contributed by atoms with Crippen LogP contribution in [0.1, 0.15) is 13.8 Å². The number of rotatable bonds is 6. The van der Waals surface area contributed by atoms with Gasteiger partial charge in [-0.1, -0.05) is 13.2 Å². The van der Waals surface area contributed by atoms with Crippen molar-refractivity contribution in [3.8, 4) is 0 Å². The molecule has 19 heavy (non-hydrogen) atoms. The number of amides is 2. The number of carbonyl (C=O) groups excluding carboxylic acids is 2. The minimum Gasteiger partial charge on any atom is -0.376 e. The van der Waals surface area contributed by atoms with Crippen LogP contribution in [0.4, 0.5) is 0 Å². The van der Waals surface area contributed by atoms with Gasteiger partial charge in [-0.2, -0.15) is 0 Å². The van der Waals surface area contributed by atoms with Crippen molar-refractivity contribution in [3.05, 3.63) is 25.3 Å². The van der Waals surface area contributed by atoms with Crippen LogP contribution in [0, 0.1) is 0 Å². The molecule has 0 aliphatic heterocycles. The second-order valence-electron chi connectivity index (χ2n) is 3.33. The molecule has 1 atom stereocenters. The molecule has 0 aromatic heterocycles. The van der Waals surface area contributed by atoms with E-state index >= 15 is 0 Å². The Morgan fingerprint density at radius 3 is 1.68 bits per heavy atom. The predicted molar refractivity (Wildman–Crippen MR) is 70.5 cm³/mol. The molecule has 0 saturated heterocycles. The molecule has 0 radical (unpaired) electrons. The fourth-order valence-corrected chi connectivity index (χ4v) is 1.03. The fraction of sp³-hybridized carbons (Fsp3) is 0.500. The summed E-state index contributed by atoms with van der Waals surface area (Å²) in [7, 11) is 0. The van der Waals surface area contributed by atoms with Gasteiger partial charge in [0.05, 0.1) is 0 Å². The van der Waals surface area contributed by atoms with E-state index in [1.807, 2.05) is 0 Å². The highest BCUT2D eigenvalue weighted by atomic mass is 16.3. The second-order valence-corrected chi connectivity index (χ2v) is 3.33. The Morgan fingerprint density at radius 1 is 1.16 bits per heavy atom. The van der Waals surface area contributed by atoms with Crippen LogP contribution in [0.5, 0.6) is 0 Å². The number of hydrogen-bond acceptors (Lipinski definition) is 5. The van der Waals surface area contributed by atoms with E-state index in [2.05, 4.69) is 13.2 Å². The lowest BCUT2D eigenvalue weighted by atomic mass is 10.4. The van der Waals surface area contributed by atoms with E-state index in [4.69, 9.17) is 15.3 Å². The lowest BCUT2D eigenvalue weighted by molar-refractivity contribution is -0.135. The molecule has 0 fully saturated rings. The van der Waals surface area contributed by atoms with Crippen molar-refractivity contribution in [1.82, 2.24) is 9.80 Å². The zero-order chi connectivity index (χ0) is 15.4. The van der Waals surface area contributed by atoms with Gasteiger partial charge in [-0.3, -0.25) is 14.5 Å². The topological polar surface area (TPSA) is 101 Å². The van der Waals surface area contributed by atoms with E-state index in [1.165, 1.54) is 11.0 Å². The fourth-order valence-electron chi connectivity index (χ4n) is 1.03. The summed E-state index contributed by atoms with van der Waals surface area (Å²) in [5, 5.41) is 25.6. The number of hydrogen-bond donors (Lipinski definition) is 3. The van der Waals surface area contributed by atoms with E-state index in [-0.39, 0.29) is 5.91 Å². The van der Waals surface area contributed by atoms with Gasteiger partial charge in [0.1, 0.15) is 19.7 Å². The van der Waals surface area contributed by atoms with Crippen molar-refractivity contribution in [1.29, 1.82) is 0 Å².